The van der Waals surface area contributed by atoms with Gasteiger partial charge in [0.1, 0.15) is 11.4 Å². The van der Waals surface area contributed by atoms with Gasteiger partial charge >= 0.3 is 0 Å². The number of hydrogen-bond donors (Lipinski definition) is 4. The molecule has 0 amide bonds. The van der Waals surface area contributed by atoms with Crippen LogP contribution >= 0.6 is 0 Å². The molecule has 7 nitrogen and oxygen atoms in total. The summed E-state index contributed by atoms with van der Waals surface area (Å²) in [6.45, 7) is 3.71. The first-order valence-electron chi connectivity index (χ1n) is 12.4. The molecule has 2 aliphatic heterocycles. The van der Waals surface area contributed by atoms with Crippen LogP contribution in [-0.4, -0.2) is 46.9 Å². The zero-order valence-corrected chi connectivity index (χ0v) is 19.8. The van der Waals surface area contributed by atoms with Crippen molar-refractivity contribution in [2.75, 3.05) is 36.4 Å². The minimum atomic E-state index is -0.169. The molecule has 1 fully saturated rings. The highest BCUT2D eigenvalue weighted by atomic mass is 16.5. The monoisotopic (exact) mass is 469 g/mol. The fraction of sp³-hybridized carbons (Fsp3) is 0.321. The van der Waals surface area contributed by atoms with E-state index in [1.807, 2.05) is 12.1 Å². The number of nitrogens with one attached hydrogen (secondary N) is 3. The predicted octanol–water partition coefficient (Wildman–Crippen LogP) is 4.36. The minimum Gasteiger partial charge on any atom is -0.483 e. The number of fused-ring (bicyclic) bond motifs is 2. The first-order chi connectivity index (χ1) is 17.2. The van der Waals surface area contributed by atoms with E-state index in [1.165, 1.54) is 16.5 Å². The fourth-order valence-corrected chi connectivity index (χ4v) is 5.38. The van der Waals surface area contributed by atoms with E-state index >= 15 is 0 Å². The van der Waals surface area contributed by atoms with E-state index in [2.05, 4.69) is 74.2 Å². The molecule has 0 atom stereocenters. The van der Waals surface area contributed by atoms with Crippen molar-refractivity contribution in [2.45, 2.75) is 31.5 Å². The molecule has 4 aromatic rings. The maximum atomic E-state index is 9.41. The van der Waals surface area contributed by atoms with Gasteiger partial charge in [-0.05, 0) is 55.4 Å². The molecule has 6 rings (SSSR count). The lowest BCUT2D eigenvalue weighted by Crippen LogP contribution is -2.56. The van der Waals surface area contributed by atoms with Gasteiger partial charge in [0.15, 0.2) is 0 Å². The number of ether oxygens (including phenoxy) is 1. The number of para-hydroxylation sites is 1. The second-order valence-electron chi connectivity index (χ2n) is 9.57. The molecule has 1 spiro atoms. The molecule has 180 valence electrons. The van der Waals surface area contributed by atoms with Gasteiger partial charge in [0.25, 0.3) is 0 Å². The Bertz CT molecular complexity index is 1330. The van der Waals surface area contributed by atoms with Crippen LogP contribution in [-0.2, 0) is 13.0 Å². The Labute approximate surface area is 205 Å². The number of benzene rings is 2. The Morgan fingerprint density at radius 1 is 1.06 bits per heavy atom. The van der Waals surface area contributed by atoms with Crippen molar-refractivity contribution in [3.63, 3.8) is 0 Å². The third kappa shape index (κ3) is 4.45. The molecule has 0 saturated carbocycles. The standard InChI is InChI=1S/C28H31N5O2/c34-18-23-15-22(7-11-30-23)32-21-5-6-26-27(16-21)35-28(9-12-29-13-10-28)19-33(26)14-8-20-17-31-25-4-2-1-3-24(20)25/h1-7,11,15-17,29,31,34H,8-10,12-14,18-19H2,(H,30,32). The van der Waals surface area contributed by atoms with Crippen molar-refractivity contribution in [1.82, 2.24) is 15.3 Å². The lowest BCUT2D eigenvalue weighted by molar-refractivity contribution is 0.0351. The van der Waals surface area contributed by atoms with E-state index in [9.17, 15) is 5.11 Å². The molecule has 2 aromatic heterocycles. The number of nitrogens with zero attached hydrogens (tertiary/aromatic N) is 2. The lowest BCUT2D eigenvalue weighted by Gasteiger charge is -2.47. The summed E-state index contributed by atoms with van der Waals surface area (Å²) in [6.07, 6.45) is 6.82. The van der Waals surface area contributed by atoms with E-state index in [0.29, 0.717) is 5.69 Å². The van der Waals surface area contributed by atoms with E-state index < -0.39 is 0 Å². The quantitative estimate of drug-likeness (QED) is 0.336. The zero-order valence-electron chi connectivity index (χ0n) is 19.8. The van der Waals surface area contributed by atoms with Gasteiger partial charge in [-0.25, -0.2) is 0 Å². The average Bonchev–Trinajstić information content (AvgIpc) is 3.31. The topological polar surface area (TPSA) is 85.4 Å². The molecule has 0 bridgehead atoms. The van der Waals surface area contributed by atoms with Crippen LogP contribution in [0.5, 0.6) is 5.75 Å². The van der Waals surface area contributed by atoms with E-state index in [0.717, 1.165) is 68.3 Å². The smallest absolute Gasteiger partial charge is 0.145 e. The molecular weight excluding hydrogens is 438 g/mol. The predicted molar refractivity (Wildman–Crippen MR) is 140 cm³/mol. The number of aliphatic hydroxyl groups excluding tert-OH is 1. The second kappa shape index (κ2) is 9.24. The summed E-state index contributed by atoms with van der Waals surface area (Å²) in [5, 5.41) is 17.6. The van der Waals surface area contributed by atoms with Gasteiger partial charge < -0.3 is 30.4 Å². The van der Waals surface area contributed by atoms with Crippen molar-refractivity contribution in [3.05, 3.63) is 78.2 Å². The minimum absolute atomic E-state index is 0.0786. The summed E-state index contributed by atoms with van der Waals surface area (Å²) < 4.78 is 6.74. The lowest BCUT2D eigenvalue weighted by atomic mass is 9.89. The fourth-order valence-electron chi connectivity index (χ4n) is 5.38. The number of anilines is 3. The summed E-state index contributed by atoms with van der Waals surface area (Å²) >= 11 is 0. The number of aromatic amines is 1. The summed E-state index contributed by atoms with van der Waals surface area (Å²) in [5.74, 6) is 0.929. The van der Waals surface area contributed by atoms with Crippen molar-refractivity contribution in [3.8, 4) is 5.75 Å². The molecule has 4 N–H and O–H groups in total. The van der Waals surface area contributed by atoms with Crippen LogP contribution in [0.25, 0.3) is 10.9 Å². The maximum Gasteiger partial charge on any atom is 0.145 e. The molecule has 0 aliphatic carbocycles. The molecule has 35 heavy (non-hydrogen) atoms. The SMILES string of the molecule is OCc1cc(Nc2ccc3c(c2)OC2(CCNCC2)CN3CCc2c[nH]c3ccccc23)ccn1. The van der Waals surface area contributed by atoms with Crippen LogP contribution < -0.4 is 20.3 Å². The van der Waals surface area contributed by atoms with Crippen LogP contribution in [0.1, 0.15) is 24.1 Å². The number of aliphatic hydroxyl groups is 1. The van der Waals surface area contributed by atoms with Gasteiger partial charge in [-0.1, -0.05) is 18.2 Å². The van der Waals surface area contributed by atoms with Gasteiger partial charge in [0.05, 0.1) is 24.5 Å². The number of rotatable bonds is 6. The van der Waals surface area contributed by atoms with Crippen molar-refractivity contribution in [1.29, 1.82) is 0 Å². The third-order valence-electron chi connectivity index (χ3n) is 7.21. The highest BCUT2D eigenvalue weighted by Gasteiger charge is 2.40. The summed E-state index contributed by atoms with van der Waals surface area (Å²) in [6, 6.07) is 18.6. The van der Waals surface area contributed by atoms with Crippen LogP contribution in [0, 0.1) is 0 Å². The molecule has 7 heteroatoms. The number of pyridine rings is 1. The Balaban J connectivity index is 1.28. The highest BCUT2D eigenvalue weighted by molar-refractivity contribution is 5.83. The maximum absolute atomic E-state index is 9.41. The molecule has 1 saturated heterocycles. The van der Waals surface area contributed by atoms with Crippen LogP contribution in [0.15, 0.2) is 67.0 Å². The van der Waals surface area contributed by atoms with Gasteiger partial charge in [-0.15, -0.1) is 0 Å². The van der Waals surface area contributed by atoms with Gasteiger partial charge in [-0.3, -0.25) is 4.98 Å². The second-order valence-corrected chi connectivity index (χ2v) is 9.57. The number of aromatic nitrogens is 2. The Morgan fingerprint density at radius 3 is 2.80 bits per heavy atom. The normalized spacial score (nSPS) is 16.8. The summed E-state index contributed by atoms with van der Waals surface area (Å²) in [4.78, 5) is 10.1. The number of H-pyrrole nitrogens is 1. The van der Waals surface area contributed by atoms with Crippen LogP contribution in [0.3, 0.4) is 0 Å². The molecule has 0 radical (unpaired) electrons. The molecule has 0 unspecified atom stereocenters. The summed E-state index contributed by atoms with van der Waals surface area (Å²) in [7, 11) is 0. The van der Waals surface area contributed by atoms with E-state index in [1.54, 1.807) is 6.20 Å². The number of piperidine rings is 1. The van der Waals surface area contributed by atoms with Crippen LogP contribution in [0.4, 0.5) is 17.1 Å². The zero-order chi connectivity index (χ0) is 23.7. The first kappa shape index (κ1) is 21.9. The highest BCUT2D eigenvalue weighted by Crippen LogP contribution is 2.42. The van der Waals surface area contributed by atoms with Crippen LogP contribution in [0.2, 0.25) is 0 Å². The van der Waals surface area contributed by atoms with Gasteiger partial charge in [-0.2, -0.15) is 0 Å². The first-order valence-corrected chi connectivity index (χ1v) is 12.4. The summed E-state index contributed by atoms with van der Waals surface area (Å²) in [5.41, 5.74) is 6.01. The van der Waals surface area contributed by atoms with Crippen molar-refractivity contribution >= 4 is 28.0 Å². The van der Waals surface area contributed by atoms with Crippen molar-refractivity contribution < 1.29 is 9.84 Å². The number of hydrogen-bond acceptors (Lipinski definition) is 6. The Kier molecular flexibility index (Phi) is 5.80. The average molecular weight is 470 g/mol. The largest absolute Gasteiger partial charge is 0.483 e. The molecule has 2 aliphatic rings. The third-order valence-corrected chi connectivity index (χ3v) is 7.21. The van der Waals surface area contributed by atoms with Gasteiger partial charge in [0, 0.05) is 60.1 Å². The van der Waals surface area contributed by atoms with Crippen molar-refractivity contribution in [2.24, 2.45) is 0 Å². The Hall–Kier alpha value is -3.55. The Morgan fingerprint density at radius 2 is 1.91 bits per heavy atom. The molecule has 2 aromatic carbocycles. The van der Waals surface area contributed by atoms with E-state index in [-0.39, 0.29) is 12.2 Å². The molecular formula is C28H31N5O2. The van der Waals surface area contributed by atoms with E-state index in [4.69, 9.17) is 4.74 Å². The molecule has 4 heterocycles. The van der Waals surface area contributed by atoms with Gasteiger partial charge in [0.2, 0.25) is 0 Å².